The van der Waals surface area contributed by atoms with Crippen molar-refractivity contribution in [2.45, 2.75) is 12.6 Å². The maximum absolute atomic E-state index is 12.6. The van der Waals surface area contributed by atoms with Gasteiger partial charge in [-0.25, -0.2) is 8.78 Å². The summed E-state index contributed by atoms with van der Waals surface area (Å²) in [6.45, 7) is -0.366. The number of benzene rings is 1. The number of nitrogens with one attached hydrogen (secondary N) is 1. The maximum Gasteiger partial charge on any atom is 0.390 e. The van der Waals surface area contributed by atoms with Crippen LogP contribution in [0.4, 0.5) is 27.6 Å². The second-order valence-corrected chi connectivity index (χ2v) is 2.92. The van der Waals surface area contributed by atoms with Gasteiger partial charge in [0.25, 0.3) is 0 Å². The molecule has 0 saturated heterocycles. The summed E-state index contributed by atoms with van der Waals surface area (Å²) in [6.07, 6.45) is -5.28. The van der Waals surface area contributed by atoms with Crippen LogP contribution in [0, 0.1) is 11.6 Å². The van der Waals surface area contributed by atoms with Crippen molar-refractivity contribution in [2.24, 2.45) is 0 Å². The lowest BCUT2D eigenvalue weighted by molar-refractivity contribution is -0.131. The molecular weight excluding hydrogens is 217 g/mol. The molecule has 0 unspecified atom stereocenters. The standard InChI is InChI=1S/C9H8F5N/c10-7-2-1-6(5-8(7)11)15-4-3-9(12,13)14/h1-2,5,15H,3-4H2. The van der Waals surface area contributed by atoms with Crippen molar-refractivity contribution in [2.75, 3.05) is 11.9 Å². The monoisotopic (exact) mass is 225 g/mol. The molecule has 0 aliphatic rings. The molecule has 6 heteroatoms. The van der Waals surface area contributed by atoms with Crippen molar-refractivity contribution < 1.29 is 22.0 Å². The van der Waals surface area contributed by atoms with E-state index >= 15 is 0 Å². The number of hydrogen-bond acceptors (Lipinski definition) is 1. The molecule has 0 atom stereocenters. The minimum Gasteiger partial charge on any atom is -0.385 e. The third kappa shape index (κ3) is 4.14. The van der Waals surface area contributed by atoms with Crippen LogP contribution in [-0.4, -0.2) is 12.7 Å². The molecule has 84 valence electrons. The van der Waals surface area contributed by atoms with Gasteiger partial charge >= 0.3 is 6.18 Å². The molecule has 0 bridgehead atoms. The van der Waals surface area contributed by atoms with Crippen molar-refractivity contribution in [1.29, 1.82) is 0 Å². The lowest BCUT2D eigenvalue weighted by atomic mass is 10.3. The van der Waals surface area contributed by atoms with Crippen LogP contribution in [0.25, 0.3) is 0 Å². The zero-order valence-corrected chi connectivity index (χ0v) is 7.54. The molecule has 0 radical (unpaired) electrons. The summed E-state index contributed by atoms with van der Waals surface area (Å²) >= 11 is 0. The summed E-state index contributed by atoms with van der Waals surface area (Å²) in [4.78, 5) is 0. The minimum atomic E-state index is -4.26. The number of alkyl halides is 3. The van der Waals surface area contributed by atoms with Crippen LogP contribution in [0.1, 0.15) is 6.42 Å². The van der Waals surface area contributed by atoms with Crippen LogP contribution >= 0.6 is 0 Å². The van der Waals surface area contributed by atoms with Crippen LogP contribution in [-0.2, 0) is 0 Å². The normalized spacial score (nSPS) is 11.5. The summed E-state index contributed by atoms with van der Waals surface area (Å²) in [7, 11) is 0. The molecule has 0 aromatic heterocycles. The average Bonchev–Trinajstić information content (AvgIpc) is 2.09. The van der Waals surface area contributed by atoms with Gasteiger partial charge in [0.15, 0.2) is 11.6 Å². The van der Waals surface area contributed by atoms with Gasteiger partial charge in [-0.05, 0) is 18.2 Å². The fraction of sp³-hybridized carbons (Fsp3) is 0.333. The van der Waals surface area contributed by atoms with Gasteiger partial charge in [0, 0.05) is 12.2 Å². The summed E-state index contributed by atoms with van der Waals surface area (Å²) in [5.41, 5.74) is 0.123. The lowest BCUT2D eigenvalue weighted by Crippen LogP contribution is -2.14. The Balaban J connectivity index is 2.48. The largest absolute Gasteiger partial charge is 0.390 e. The van der Waals surface area contributed by atoms with Gasteiger partial charge in [-0.3, -0.25) is 0 Å². The van der Waals surface area contributed by atoms with Crippen LogP contribution in [0.15, 0.2) is 18.2 Å². The van der Waals surface area contributed by atoms with Gasteiger partial charge in [-0.1, -0.05) is 0 Å². The highest BCUT2D eigenvalue weighted by atomic mass is 19.4. The van der Waals surface area contributed by atoms with E-state index in [1.807, 2.05) is 0 Å². The summed E-state index contributed by atoms with van der Waals surface area (Å²) in [5, 5.41) is 2.34. The van der Waals surface area contributed by atoms with Crippen molar-refractivity contribution in [3.63, 3.8) is 0 Å². The Hall–Kier alpha value is -1.33. The molecule has 1 nitrogen and oxygen atoms in total. The first-order valence-corrected chi connectivity index (χ1v) is 4.14. The molecule has 0 amide bonds. The predicted octanol–water partition coefficient (Wildman–Crippen LogP) is 3.33. The average molecular weight is 225 g/mol. The van der Waals surface area contributed by atoms with E-state index in [2.05, 4.69) is 5.32 Å². The van der Waals surface area contributed by atoms with Gasteiger partial charge in [-0.15, -0.1) is 0 Å². The topological polar surface area (TPSA) is 12.0 Å². The van der Waals surface area contributed by atoms with Crippen molar-refractivity contribution in [3.8, 4) is 0 Å². The first kappa shape index (κ1) is 11.7. The quantitative estimate of drug-likeness (QED) is 0.778. The van der Waals surface area contributed by atoms with E-state index in [4.69, 9.17) is 0 Å². The summed E-state index contributed by atoms with van der Waals surface area (Å²) in [6, 6.07) is 2.84. The van der Waals surface area contributed by atoms with E-state index in [0.717, 1.165) is 12.1 Å². The van der Waals surface area contributed by atoms with Crippen molar-refractivity contribution >= 4 is 5.69 Å². The molecule has 0 fully saturated rings. The SMILES string of the molecule is Fc1ccc(NCCC(F)(F)F)cc1F. The van der Waals surface area contributed by atoms with Crippen molar-refractivity contribution in [3.05, 3.63) is 29.8 Å². The highest BCUT2D eigenvalue weighted by Gasteiger charge is 2.26. The van der Waals surface area contributed by atoms with Gasteiger partial charge in [0.1, 0.15) is 0 Å². The molecule has 0 heterocycles. The molecule has 1 rings (SSSR count). The zero-order chi connectivity index (χ0) is 11.5. The lowest BCUT2D eigenvalue weighted by Gasteiger charge is -2.08. The Morgan fingerprint density at radius 1 is 1.07 bits per heavy atom. The molecule has 0 spiro atoms. The maximum atomic E-state index is 12.6. The molecule has 0 aliphatic heterocycles. The van der Waals surface area contributed by atoms with E-state index in [9.17, 15) is 22.0 Å². The van der Waals surface area contributed by atoms with Crippen molar-refractivity contribution in [1.82, 2.24) is 0 Å². The fourth-order valence-electron chi connectivity index (χ4n) is 0.955. The predicted molar refractivity (Wildman–Crippen MR) is 45.5 cm³/mol. The zero-order valence-electron chi connectivity index (χ0n) is 7.54. The summed E-state index contributed by atoms with van der Waals surface area (Å²) in [5.74, 6) is -2.12. The van der Waals surface area contributed by atoms with Gasteiger partial charge in [0.05, 0.1) is 6.42 Å². The van der Waals surface area contributed by atoms with Crippen LogP contribution in [0.3, 0.4) is 0 Å². The van der Waals surface area contributed by atoms with Gasteiger partial charge in [-0.2, -0.15) is 13.2 Å². The van der Waals surface area contributed by atoms with E-state index in [0.29, 0.717) is 0 Å². The van der Waals surface area contributed by atoms with E-state index in [1.165, 1.54) is 6.07 Å². The Morgan fingerprint density at radius 3 is 2.27 bits per heavy atom. The number of hydrogen-bond donors (Lipinski definition) is 1. The molecule has 1 N–H and O–H groups in total. The first-order chi connectivity index (χ1) is 6.88. The number of rotatable bonds is 3. The molecule has 0 aliphatic carbocycles. The number of halogens is 5. The Morgan fingerprint density at radius 2 is 1.73 bits per heavy atom. The van der Waals surface area contributed by atoms with Crippen LogP contribution in [0.5, 0.6) is 0 Å². The molecule has 1 aromatic carbocycles. The van der Waals surface area contributed by atoms with Gasteiger partial charge < -0.3 is 5.32 Å². The highest BCUT2D eigenvalue weighted by molar-refractivity contribution is 5.43. The molecule has 1 aromatic rings. The molecule has 15 heavy (non-hydrogen) atoms. The second kappa shape index (κ2) is 4.46. The van der Waals surface area contributed by atoms with E-state index in [-0.39, 0.29) is 12.2 Å². The van der Waals surface area contributed by atoms with E-state index < -0.39 is 24.2 Å². The Labute approximate surface area is 82.9 Å². The minimum absolute atomic E-state index is 0.123. The Kier molecular flexibility index (Phi) is 3.49. The second-order valence-electron chi connectivity index (χ2n) is 2.92. The Bertz CT molecular complexity index is 334. The smallest absolute Gasteiger partial charge is 0.385 e. The molecule has 0 saturated carbocycles. The van der Waals surface area contributed by atoms with Crippen LogP contribution in [0.2, 0.25) is 0 Å². The molecular formula is C9H8F5N. The highest BCUT2D eigenvalue weighted by Crippen LogP contribution is 2.20. The first-order valence-electron chi connectivity index (χ1n) is 4.14. The third-order valence-electron chi connectivity index (χ3n) is 1.66. The summed E-state index contributed by atoms with van der Waals surface area (Å²) < 4.78 is 60.2. The third-order valence-corrected chi connectivity index (χ3v) is 1.66. The number of anilines is 1. The fourth-order valence-corrected chi connectivity index (χ4v) is 0.955. The van der Waals surface area contributed by atoms with E-state index in [1.54, 1.807) is 0 Å². The van der Waals surface area contributed by atoms with Gasteiger partial charge in [0.2, 0.25) is 0 Å². The van der Waals surface area contributed by atoms with Crippen LogP contribution < -0.4 is 5.32 Å².